The van der Waals surface area contributed by atoms with Crippen LogP contribution in [-0.4, -0.2) is 23.7 Å². The zero-order valence-corrected chi connectivity index (χ0v) is 17.8. The number of amides is 1. The Morgan fingerprint density at radius 1 is 0.808 bits per heavy atom. The second-order valence-electron chi connectivity index (χ2n) is 7.92. The molecule has 0 fully saturated rings. The molecule has 0 aliphatic carbocycles. The fourth-order valence-electron chi connectivity index (χ4n) is 2.99. The summed E-state index contributed by atoms with van der Waals surface area (Å²) in [7, 11) is 0. The van der Waals surface area contributed by atoms with Gasteiger partial charge in [0.1, 0.15) is 6.10 Å². The highest BCUT2D eigenvalue weighted by molar-refractivity contribution is 5.80. The molecule has 0 radical (unpaired) electrons. The summed E-state index contributed by atoms with van der Waals surface area (Å²) in [6, 6.07) is 0. The van der Waals surface area contributed by atoms with Crippen molar-refractivity contribution in [1.82, 2.24) is 5.32 Å². The largest absolute Gasteiger partial charge is 0.383 e. The molecule has 3 nitrogen and oxygen atoms in total. The van der Waals surface area contributed by atoms with Crippen LogP contribution in [0.1, 0.15) is 111 Å². The molecular formula is C23H45NO2. The summed E-state index contributed by atoms with van der Waals surface area (Å²) in [6.07, 6.45) is 21.9. The minimum Gasteiger partial charge on any atom is -0.383 e. The van der Waals surface area contributed by atoms with Gasteiger partial charge < -0.3 is 10.4 Å². The monoisotopic (exact) mass is 367 g/mol. The lowest BCUT2D eigenvalue weighted by Gasteiger charge is -2.14. The van der Waals surface area contributed by atoms with Crippen LogP contribution in [0.15, 0.2) is 12.2 Å². The molecule has 0 aromatic heterocycles. The SMILES string of the molecule is CCCCCCCC/C=C\CCCCCCCCNC(=O)[C@H](O)C(C)C. The van der Waals surface area contributed by atoms with Crippen LogP contribution in [0.4, 0.5) is 0 Å². The predicted molar refractivity (Wildman–Crippen MR) is 113 cm³/mol. The number of nitrogens with one attached hydrogen (secondary N) is 1. The number of rotatable bonds is 18. The van der Waals surface area contributed by atoms with Crippen molar-refractivity contribution in [2.45, 2.75) is 117 Å². The van der Waals surface area contributed by atoms with Crippen LogP contribution in [0.3, 0.4) is 0 Å². The number of carbonyl (C=O) groups excluding carboxylic acids is 1. The molecule has 0 aromatic rings. The number of allylic oxidation sites excluding steroid dienone is 2. The second-order valence-corrected chi connectivity index (χ2v) is 7.92. The number of hydrogen-bond acceptors (Lipinski definition) is 2. The van der Waals surface area contributed by atoms with Gasteiger partial charge >= 0.3 is 0 Å². The standard InChI is InChI=1S/C23H45NO2/c1-4-5-6-7-8-9-10-11-12-13-14-15-16-17-18-19-20-24-23(26)22(25)21(2)3/h11-12,21-22,25H,4-10,13-20H2,1-3H3,(H,24,26)/b12-11-/t22-/m1/s1. The van der Waals surface area contributed by atoms with Gasteiger partial charge in [0, 0.05) is 6.54 Å². The maximum Gasteiger partial charge on any atom is 0.249 e. The smallest absolute Gasteiger partial charge is 0.249 e. The molecular weight excluding hydrogens is 322 g/mol. The van der Waals surface area contributed by atoms with Crippen LogP contribution < -0.4 is 5.32 Å². The molecule has 1 atom stereocenters. The maximum atomic E-state index is 11.6. The molecule has 0 saturated carbocycles. The first-order valence-corrected chi connectivity index (χ1v) is 11.2. The van der Waals surface area contributed by atoms with E-state index in [0.29, 0.717) is 6.54 Å². The molecule has 0 spiro atoms. The van der Waals surface area contributed by atoms with Crippen molar-refractivity contribution in [3.8, 4) is 0 Å². The second kappa shape index (κ2) is 18.9. The molecule has 0 bridgehead atoms. The Morgan fingerprint density at radius 2 is 1.27 bits per heavy atom. The number of unbranched alkanes of at least 4 members (excludes halogenated alkanes) is 12. The van der Waals surface area contributed by atoms with Gasteiger partial charge in [-0.3, -0.25) is 4.79 Å². The van der Waals surface area contributed by atoms with Crippen LogP contribution in [-0.2, 0) is 4.79 Å². The van der Waals surface area contributed by atoms with Crippen molar-refractivity contribution < 1.29 is 9.90 Å². The van der Waals surface area contributed by atoms with Crippen LogP contribution in [0.2, 0.25) is 0 Å². The molecule has 0 saturated heterocycles. The lowest BCUT2D eigenvalue weighted by atomic mass is 10.1. The van der Waals surface area contributed by atoms with Crippen molar-refractivity contribution in [1.29, 1.82) is 0 Å². The van der Waals surface area contributed by atoms with Crippen LogP contribution in [0.5, 0.6) is 0 Å². The molecule has 0 aromatic carbocycles. The van der Waals surface area contributed by atoms with Gasteiger partial charge in [-0.25, -0.2) is 0 Å². The third-order valence-corrected chi connectivity index (χ3v) is 4.89. The Kier molecular flexibility index (Phi) is 18.3. The molecule has 26 heavy (non-hydrogen) atoms. The first kappa shape index (κ1) is 25.2. The van der Waals surface area contributed by atoms with Crippen molar-refractivity contribution in [3.05, 3.63) is 12.2 Å². The van der Waals surface area contributed by atoms with Crippen molar-refractivity contribution in [2.24, 2.45) is 5.92 Å². The topological polar surface area (TPSA) is 49.3 Å². The maximum absolute atomic E-state index is 11.6. The van der Waals surface area contributed by atoms with Crippen molar-refractivity contribution >= 4 is 5.91 Å². The Morgan fingerprint density at radius 3 is 1.77 bits per heavy atom. The van der Waals surface area contributed by atoms with Gasteiger partial charge in [0.05, 0.1) is 0 Å². The summed E-state index contributed by atoms with van der Waals surface area (Å²) in [5.74, 6) is -0.248. The van der Waals surface area contributed by atoms with Crippen LogP contribution in [0, 0.1) is 5.92 Å². The molecule has 0 heterocycles. The third kappa shape index (κ3) is 16.6. The zero-order valence-electron chi connectivity index (χ0n) is 17.8. The number of carbonyl (C=O) groups is 1. The number of aliphatic hydroxyl groups is 1. The molecule has 0 aliphatic rings. The van der Waals surface area contributed by atoms with Gasteiger partial charge in [-0.15, -0.1) is 0 Å². The minimum absolute atomic E-state index is 0.0187. The first-order chi connectivity index (χ1) is 12.6. The molecule has 1 amide bonds. The number of hydrogen-bond donors (Lipinski definition) is 2. The van der Waals surface area contributed by atoms with Gasteiger partial charge in [-0.1, -0.05) is 90.7 Å². The Balaban J connectivity index is 3.24. The Labute approximate surface area is 163 Å². The predicted octanol–water partition coefficient (Wildman–Crippen LogP) is 6.16. The highest BCUT2D eigenvalue weighted by atomic mass is 16.3. The zero-order chi connectivity index (χ0) is 19.5. The summed E-state index contributed by atoms with van der Waals surface area (Å²) in [4.78, 5) is 11.6. The number of aliphatic hydroxyl groups excluding tert-OH is 1. The van der Waals surface area contributed by atoms with Gasteiger partial charge in [0.15, 0.2) is 0 Å². The highest BCUT2D eigenvalue weighted by Gasteiger charge is 2.17. The van der Waals surface area contributed by atoms with Gasteiger partial charge in [0.2, 0.25) is 5.91 Å². The van der Waals surface area contributed by atoms with Gasteiger partial charge in [-0.05, 0) is 38.0 Å². The average molecular weight is 368 g/mol. The molecule has 154 valence electrons. The van der Waals surface area contributed by atoms with E-state index in [-0.39, 0.29) is 11.8 Å². The van der Waals surface area contributed by atoms with E-state index < -0.39 is 6.10 Å². The molecule has 0 rings (SSSR count). The summed E-state index contributed by atoms with van der Waals surface area (Å²) >= 11 is 0. The minimum atomic E-state index is -0.871. The van der Waals surface area contributed by atoms with Crippen LogP contribution >= 0.6 is 0 Å². The van der Waals surface area contributed by atoms with E-state index in [1.807, 2.05) is 13.8 Å². The lowest BCUT2D eigenvalue weighted by molar-refractivity contribution is -0.131. The third-order valence-electron chi connectivity index (χ3n) is 4.89. The van der Waals surface area contributed by atoms with E-state index in [4.69, 9.17) is 0 Å². The Hall–Kier alpha value is -0.830. The van der Waals surface area contributed by atoms with Gasteiger partial charge in [0.25, 0.3) is 0 Å². The summed E-state index contributed by atoms with van der Waals surface area (Å²) in [6.45, 7) is 6.66. The molecule has 0 unspecified atom stereocenters. The Bertz CT molecular complexity index is 339. The van der Waals surface area contributed by atoms with E-state index in [2.05, 4.69) is 24.4 Å². The summed E-state index contributed by atoms with van der Waals surface area (Å²) in [5.41, 5.74) is 0. The lowest BCUT2D eigenvalue weighted by Crippen LogP contribution is -2.38. The first-order valence-electron chi connectivity index (χ1n) is 11.2. The van der Waals surface area contributed by atoms with Crippen molar-refractivity contribution in [3.63, 3.8) is 0 Å². The molecule has 2 N–H and O–H groups in total. The quantitative estimate of drug-likeness (QED) is 0.225. The van der Waals surface area contributed by atoms with Crippen LogP contribution in [0.25, 0.3) is 0 Å². The fourth-order valence-corrected chi connectivity index (χ4v) is 2.99. The van der Waals surface area contributed by atoms with E-state index in [9.17, 15) is 9.90 Å². The average Bonchev–Trinajstić information content (AvgIpc) is 2.63. The summed E-state index contributed by atoms with van der Waals surface area (Å²) < 4.78 is 0. The van der Waals surface area contributed by atoms with E-state index >= 15 is 0 Å². The highest BCUT2D eigenvalue weighted by Crippen LogP contribution is 2.10. The van der Waals surface area contributed by atoms with E-state index in [1.165, 1.54) is 77.0 Å². The van der Waals surface area contributed by atoms with Gasteiger partial charge in [-0.2, -0.15) is 0 Å². The van der Waals surface area contributed by atoms with E-state index in [0.717, 1.165) is 12.8 Å². The summed E-state index contributed by atoms with van der Waals surface area (Å²) in [5, 5.41) is 12.4. The van der Waals surface area contributed by atoms with Crippen molar-refractivity contribution in [2.75, 3.05) is 6.54 Å². The molecule has 3 heteroatoms. The molecule has 0 aliphatic heterocycles. The normalized spacial score (nSPS) is 12.8. The van der Waals surface area contributed by atoms with E-state index in [1.54, 1.807) is 0 Å². The fraction of sp³-hybridized carbons (Fsp3) is 0.870.